The van der Waals surface area contributed by atoms with E-state index in [0.717, 1.165) is 12.4 Å². The average Bonchev–Trinajstić information content (AvgIpc) is 2.38. The number of hydrogen-bond donors (Lipinski definition) is 1. The third kappa shape index (κ3) is 3.06. The molecule has 1 aliphatic rings. The van der Waals surface area contributed by atoms with E-state index in [9.17, 15) is 4.79 Å². The largest absolute Gasteiger partial charge is 0.370 e. The van der Waals surface area contributed by atoms with Gasteiger partial charge in [-0.3, -0.25) is 4.79 Å². The highest BCUT2D eigenvalue weighted by atomic mass is 16.2. The van der Waals surface area contributed by atoms with Gasteiger partial charge >= 0.3 is 0 Å². The Hall–Kier alpha value is -1.58. The van der Waals surface area contributed by atoms with Gasteiger partial charge < -0.3 is 10.2 Å². The van der Waals surface area contributed by atoms with E-state index in [2.05, 4.69) is 17.2 Å². The Bertz CT molecular complexity index is 430. The van der Waals surface area contributed by atoms with Crippen molar-refractivity contribution in [1.82, 2.24) is 9.88 Å². The summed E-state index contributed by atoms with van der Waals surface area (Å²) in [6, 6.07) is 3.72. The van der Waals surface area contributed by atoms with Crippen LogP contribution >= 0.6 is 0 Å². The molecular weight excluding hydrogens is 238 g/mol. The van der Waals surface area contributed by atoms with Crippen LogP contribution in [0.4, 0.5) is 5.82 Å². The van der Waals surface area contributed by atoms with Crippen LogP contribution in [-0.4, -0.2) is 36.4 Å². The van der Waals surface area contributed by atoms with Gasteiger partial charge in [-0.05, 0) is 36.8 Å². The molecule has 1 aliphatic carbocycles. The van der Waals surface area contributed by atoms with E-state index in [1.54, 1.807) is 25.2 Å². The van der Waals surface area contributed by atoms with Crippen molar-refractivity contribution in [2.75, 3.05) is 26.0 Å². The van der Waals surface area contributed by atoms with E-state index < -0.39 is 0 Å². The summed E-state index contributed by atoms with van der Waals surface area (Å²) in [6.45, 7) is 3.24. The predicted octanol–water partition coefficient (Wildman–Crippen LogP) is 2.78. The molecule has 1 saturated carbocycles. The molecule has 4 nitrogen and oxygen atoms in total. The fourth-order valence-electron chi connectivity index (χ4n) is 2.49. The second-order valence-electron chi connectivity index (χ2n) is 5.69. The molecule has 0 aromatic carbocycles. The van der Waals surface area contributed by atoms with Crippen molar-refractivity contribution in [2.24, 2.45) is 5.41 Å². The van der Waals surface area contributed by atoms with Crippen molar-refractivity contribution in [2.45, 2.75) is 32.6 Å². The lowest BCUT2D eigenvalue weighted by Crippen LogP contribution is -2.36. The first kappa shape index (κ1) is 13.8. The van der Waals surface area contributed by atoms with Gasteiger partial charge in [-0.2, -0.15) is 0 Å². The molecule has 0 bridgehead atoms. The molecule has 104 valence electrons. The molecule has 0 unspecified atom stereocenters. The van der Waals surface area contributed by atoms with Gasteiger partial charge in [-0.1, -0.05) is 13.3 Å². The Morgan fingerprint density at radius 3 is 2.58 bits per heavy atom. The van der Waals surface area contributed by atoms with Crippen molar-refractivity contribution in [1.29, 1.82) is 0 Å². The second-order valence-corrected chi connectivity index (χ2v) is 5.69. The van der Waals surface area contributed by atoms with Crippen molar-refractivity contribution in [3.63, 3.8) is 0 Å². The first-order chi connectivity index (χ1) is 9.06. The number of nitrogens with one attached hydrogen (secondary N) is 1. The smallest absolute Gasteiger partial charge is 0.254 e. The topological polar surface area (TPSA) is 45.2 Å². The lowest BCUT2D eigenvalue weighted by molar-refractivity contribution is 0.0827. The number of rotatable bonds is 5. The van der Waals surface area contributed by atoms with Crippen molar-refractivity contribution in [3.05, 3.63) is 23.9 Å². The highest BCUT2D eigenvalue weighted by Crippen LogP contribution is 2.43. The standard InChI is InChI=1S/C15H23N3O/c1-4-15(8-5-9-15)11-17-13-7-6-12(10-16-13)14(19)18(2)3/h6-7,10H,4-5,8-9,11H2,1-3H3,(H,16,17). The van der Waals surface area contributed by atoms with Gasteiger partial charge in [0.2, 0.25) is 0 Å². The minimum absolute atomic E-state index is 0.0110. The molecule has 0 spiro atoms. The fourth-order valence-corrected chi connectivity index (χ4v) is 2.49. The van der Waals surface area contributed by atoms with Gasteiger partial charge in [0.15, 0.2) is 0 Å². The minimum atomic E-state index is -0.0110. The number of pyridine rings is 1. The maximum atomic E-state index is 11.7. The van der Waals surface area contributed by atoms with Gasteiger partial charge in [-0.15, -0.1) is 0 Å². The van der Waals surface area contributed by atoms with Gasteiger partial charge in [-0.25, -0.2) is 4.98 Å². The van der Waals surface area contributed by atoms with E-state index in [0.29, 0.717) is 11.0 Å². The first-order valence-electron chi connectivity index (χ1n) is 6.98. The molecule has 1 fully saturated rings. The quantitative estimate of drug-likeness (QED) is 0.886. The molecule has 19 heavy (non-hydrogen) atoms. The summed E-state index contributed by atoms with van der Waals surface area (Å²) >= 11 is 0. The normalized spacial score (nSPS) is 16.6. The van der Waals surface area contributed by atoms with Crippen LogP contribution in [0, 0.1) is 5.41 Å². The van der Waals surface area contributed by atoms with E-state index in [1.807, 2.05) is 12.1 Å². The number of anilines is 1. The van der Waals surface area contributed by atoms with Crippen LogP contribution in [0.15, 0.2) is 18.3 Å². The van der Waals surface area contributed by atoms with Crippen molar-refractivity contribution in [3.8, 4) is 0 Å². The number of nitrogens with zero attached hydrogens (tertiary/aromatic N) is 2. The SMILES string of the molecule is CCC1(CNc2ccc(C(=O)N(C)C)cn2)CCC1. The highest BCUT2D eigenvalue weighted by Gasteiger charge is 2.34. The number of aromatic nitrogens is 1. The minimum Gasteiger partial charge on any atom is -0.370 e. The van der Waals surface area contributed by atoms with E-state index in [1.165, 1.54) is 25.7 Å². The zero-order valence-electron chi connectivity index (χ0n) is 12.1. The molecule has 2 rings (SSSR count). The van der Waals surface area contributed by atoms with Crippen LogP contribution in [0.3, 0.4) is 0 Å². The number of hydrogen-bond acceptors (Lipinski definition) is 3. The summed E-state index contributed by atoms with van der Waals surface area (Å²) in [6.07, 6.45) is 6.84. The van der Waals surface area contributed by atoms with Crippen LogP contribution in [0.25, 0.3) is 0 Å². The van der Waals surface area contributed by atoms with E-state index >= 15 is 0 Å². The van der Waals surface area contributed by atoms with Crippen LogP contribution in [-0.2, 0) is 0 Å². The molecule has 0 saturated heterocycles. The van der Waals surface area contributed by atoms with Gasteiger partial charge in [0.05, 0.1) is 5.56 Å². The van der Waals surface area contributed by atoms with Gasteiger partial charge in [0.1, 0.15) is 5.82 Å². The molecule has 0 aliphatic heterocycles. The summed E-state index contributed by atoms with van der Waals surface area (Å²) in [4.78, 5) is 17.6. The molecule has 1 aromatic heterocycles. The van der Waals surface area contributed by atoms with Crippen molar-refractivity contribution < 1.29 is 4.79 Å². The molecule has 0 atom stereocenters. The van der Waals surface area contributed by atoms with Gasteiger partial charge in [0, 0.05) is 26.8 Å². The third-order valence-corrected chi connectivity index (χ3v) is 4.23. The summed E-state index contributed by atoms with van der Waals surface area (Å²) in [5.41, 5.74) is 1.10. The van der Waals surface area contributed by atoms with E-state index in [-0.39, 0.29) is 5.91 Å². The third-order valence-electron chi connectivity index (χ3n) is 4.23. The molecule has 1 N–H and O–H groups in total. The van der Waals surface area contributed by atoms with Gasteiger partial charge in [0.25, 0.3) is 5.91 Å². The van der Waals surface area contributed by atoms with E-state index in [4.69, 9.17) is 0 Å². The average molecular weight is 261 g/mol. The summed E-state index contributed by atoms with van der Waals surface area (Å²) in [7, 11) is 3.49. The zero-order valence-corrected chi connectivity index (χ0v) is 12.1. The van der Waals surface area contributed by atoms with Crippen LogP contribution in [0.1, 0.15) is 43.0 Å². The predicted molar refractivity (Wildman–Crippen MR) is 77.3 cm³/mol. The summed E-state index contributed by atoms with van der Waals surface area (Å²) in [5, 5.41) is 3.40. The van der Waals surface area contributed by atoms with Crippen LogP contribution in [0.2, 0.25) is 0 Å². The Labute approximate surface area is 115 Å². The maximum Gasteiger partial charge on any atom is 0.254 e. The molecular formula is C15H23N3O. The molecule has 1 aromatic rings. The molecule has 0 radical (unpaired) electrons. The summed E-state index contributed by atoms with van der Waals surface area (Å²) < 4.78 is 0. The lowest BCUT2D eigenvalue weighted by atomic mass is 9.67. The lowest BCUT2D eigenvalue weighted by Gasteiger charge is -2.41. The van der Waals surface area contributed by atoms with Crippen LogP contribution < -0.4 is 5.32 Å². The number of amides is 1. The fraction of sp³-hybridized carbons (Fsp3) is 0.600. The maximum absolute atomic E-state index is 11.7. The summed E-state index contributed by atoms with van der Waals surface area (Å²) in [5.74, 6) is 0.845. The molecule has 1 amide bonds. The van der Waals surface area contributed by atoms with Crippen molar-refractivity contribution >= 4 is 11.7 Å². The number of carbonyl (C=O) groups excluding carboxylic acids is 1. The Morgan fingerprint density at radius 1 is 1.42 bits per heavy atom. The Balaban J connectivity index is 1.93. The molecule has 4 heteroatoms. The monoisotopic (exact) mass is 261 g/mol. The Kier molecular flexibility index (Phi) is 4.08. The second kappa shape index (κ2) is 5.59. The van der Waals surface area contributed by atoms with Crippen LogP contribution in [0.5, 0.6) is 0 Å². The number of carbonyl (C=O) groups is 1. The Morgan fingerprint density at radius 2 is 2.16 bits per heavy atom. The molecule has 1 heterocycles. The highest BCUT2D eigenvalue weighted by molar-refractivity contribution is 5.93. The zero-order chi connectivity index (χ0) is 13.9. The first-order valence-corrected chi connectivity index (χ1v) is 6.98.